The number of hydrogen-bond acceptors (Lipinski definition) is 4. The van der Waals surface area contributed by atoms with Crippen molar-refractivity contribution in [1.82, 2.24) is 0 Å². The van der Waals surface area contributed by atoms with Crippen LogP contribution >= 0.6 is 11.8 Å². The number of esters is 1. The van der Waals surface area contributed by atoms with Gasteiger partial charge in [0.1, 0.15) is 4.91 Å². The zero-order chi connectivity index (χ0) is 10.8. The topological polar surface area (TPSA) is 35.5 Å². The molecule has 0 atom stereocenters. The maximum atomic E-state index is 12.3. The van der Waals surface area contributed by atoms with E-state index >= 15 is 0 Å². The molecule has 0 saturated heterocycles. The SMILES string of the molecule is COC(=O)C1=C(C(F)(F)F)OCCS1. The molecule has 1 rings (SSSR count). The van der Waals surface area contributed by atoms with Crippen molar-refractivity contribution in [2.24, 2.45) is 0 Å². The second-order valence-corrected chi connectivity index (χ2v) is 3.45. The van der Waals surface area contributed by atoms with Crippen LogP contribution in [-0.4, -0.2) is 31.6 Å². The number of carbonyl (C=O) groups is 1. The lowest BCUT2D eigenvalue weighted by molar-refractivity contribution is -0.142. The summed E-state index contributed by atoms with van der Waals surface area (Å²) in [5.41, 5.74) is 0. The van der Waals surface area contributed by atoms with E-state index in [1.165, 1.54) is 0 Å². The van der Waals surface area contributed by atoms with Gasteiger partial charge in [-0.05, 0) is 0 Å². The number of thioether (sulfide) groups is 1. The number of ether oxygens (including phenoxy) is 2. The van der Waals surface area contributed by atoms with Crippen molar-refractivity contribution >= 4 is 17.7 Å². The van der Waals surface area contributed by atoms with Gasteiger partial charge in [0.05, 0.1) is 13.7 Å². The summed E-state index contributed by atoms with van der Waals surface area (Å²) in [6.07, 6.45) is -4.64. The number of carbonyl (C=O) groups excluding carboxylic acids is 1. The quantitative estimate of drug-likeness (QED) is 0.640. The first-order valence-corrected chi connectivity index (χ1v) is 4.60. The van der Waals surface area contributed by atoms with Crippen molar-refractivity contribution in [3.63, 3.8) is 0 Å². The van der Waals surface area contributed by atoms with E-state index in [-0.39, 0.29) is 6.61 Å². The lowest BCUT2D eigenvalue weighted by atomic mass is 10.4. The molecule has 0 aromatic carbocycles. The fourth-order valence-electron chi connectivity index (χ4n) is 0.873. The lowest BCUT2D eigenvalue weighted by Crippen LogP contribution is -2.24. The van der Waals surface area contributed by atoms with Gasteiger partial charge in [-0.2, -0.15) is 13.2 Å². The van der Waals surface area contributed by atoms with Crippen LogP contribution in [0.5, 0.6) is 0 Å². The summed E-state index contributed by atoms with van der Waals surface area (Å²) in [6, 6.07) is 0. The van der Waals surface area contributed by atoms with Crippen LogP contribution in [0.2, 0.25) is 0 Å². The van der Waals surface area contributed by atoms with Crippen molar-refractivity contribution in [3.8, 4) is 0 Å². The monoisotopic (exact) mass is 228 g/mol. The molecule has 0 N–H and O–H groups in total. The molecule has 7 heteroatoms. The smallest absolute Gasteiger partial charge is 0.450 e. The van der Waals surface area contributed by atoms with E-state index < -0.39 is 22.8 Å². The molecule has 1 aliphatic rings. The summed E-state index contributed by atoms with van der Waals surface area (Å²) < 4.78 is 45.5. The van der Waals surface area contributed by atoms with Gasteiger partial charge in [-0.15, -0.1) is 11.8 Å². The van der Waals surface area contributed by atoms with Gasteiger partial charge in [-0.25, -0.2) is 4.79 Å². The standard InChI is InChI=1S/C7H7F3O3S/c1-12-6(11)4-5(7(8,9)10)13-2-3-14-4/h2-3H2,1H3. The summed E-state index contributed by atoms with van der Waals surface area (Å²) in [5.74, 6) is -1.95. The van der Waals surface area contributed by atoms with E-state index in [1.54, 1.807) is 0 Å². The van der Waals surface area contributed by atoms with Crippen LogP contribution in [0.25, 0.3) is 0 Å². The molecule has 0 radical (unpaired) electrons. The van der Waals surface area contributed by atoms with Gasteiger partial charge in [0.2, 0.25) is 5.76 Å². The zero-order valence-electron chi connectivity index (χ0n) is 7.18. The molecule has 0 spiro atoms. The van der Waals surface area contributed by atoms with E-state index in [1.807, 2.05) is 0 Å². The molecule has 3 nitrogen and oxygen atoms in total. The van der Waals surface area contributed by atoms with Gasteiger partial charge in [-0.1, -0.05) is 0 Å². The Morgan fingerprint density at radius 1 is 1.57 bits per heavy atom. The average molecular weight is 228 g/mol. The van der Waals surface area contributed by atoms with Crippen molar-refractivity contribution in [2.75, 3.05) is 19.5 Å². The summed E-state index contributed by atoms with van der Waals surface area (Å²) >= 11 is 0.791. The number of hydrogen-bond donors (Lipinski definition) is 0. The minimum Gasteiger partial charge on any atom is -0.487 e. The first kappa shape index (κ1) is 11.2. The molecule has 0 bridgehead atoms. The van der Waals surface area contributed by atoms with Crippen LogP contribution in [0.3, 0.4) is 0 Å². The maximum Gasteiger partial charge on any atom is 0.450 e. The lowest BCUT2D eigenvalue weighted by Gasteiger charge is -2.20. The minimum atomic E-state index is -4.64. The minimum absolute atomic E-state index is 0.0556. The van der Waals surface area contributed by atoms with Gasteiger partial charge in [0, 0.05) is 5.75 Å². The molecule has 0 amide bonds. The molecule has 0 fully saturated rings. The van der Waals surface area contributed by atoms with E-state index in [9.17, 15) is 18.0 Å². The Labute approximate surface area is 82.2 Å². The van der Waals surface area contributed by atoms with Gasteiger partial charge in [0.15, 0.2) is 0 Å². The average Bonchev–Trinajstić information content (AvgIpc) is 2.15. The number of methoxy groups -OCH3 is 1. The van der Waals surface area contributed by atoms with Gasteiger partial charge in [0.25, 0.3) is 0 Å². The molecule has 80 valence electrons. The molecular formula is C7H7F3O3S. The molecule has 1 heterocycles. The summed E-state index contributed by atoms with van der Waals surface area (Å²) in [4.78, 5) is 10.4. The predicted octanol–water partition coefficient (Wildman–Crippen LogP) is 1.70. The molecule has 0 aliphatic carbocycles. The Morgan fingerprint density at radius 3 is 2.71 bits per heavy atom. The van der Waals surface area contributed by atoms with Crippen LogP contribution in [0, 0.1) is 0 Å². The molecule has 1 aliphatic heterocycles. The van der Waals surface area contributed by atoms with E-state index in [0.717, 1.165) is 18.9 Å². The summed E-state index contributed by atoms with van der Waals surface area (Å²) in [7, 11) is 1.03. The van der Waals surface area contributed by atoms with Crippen LogP contribution < -0.4 is 0 Å². The summed E-state index contributed by atoms with van der Waals surface area (Å²) in [5, 5.41) is 0. The van der Waals surface area contributed by atoms with Crippen LogP contribution in [0.15, 0.2) is 10.7 Å². The van der Waals surface area contributed by atoms with Crippen molar-refractivity contribution in [2.45, 2.75) is 6.18 Å². The second kappa shape index (κ2) is 4.12. The molecule has 0 aromatic heterocycles. The molecule has 0 saturated carbocycles. The first-order valence-electron chi connectivity index (χ1n) is 3.62. The zero-order valence-corrected chi connectivity index (χ0v) is 8.00. The molecular weight excluding hydrogens is 221 g/mol. The fraction of sp³-hybridized carbons (Fsp3) is 0.571. The Kier molecular flexibility index (Phi) is 3.30. The van der Waals surface area contributed by atoms with E-state index in [0.29, 0.717) is 5.75 Å². The van der Waals surface area contributed by atoms with Gasteiger partial charge in [-0.3, -0.25) is 0 Å². The van der Waals surface area contributed by atoms with Crippen LogP contribution in [0.4, 0.5) is 13.2 Å². The number of rotatable bonds is 1. The van der Waals surface area contributed by atoms with Crippen LogP contribution in [0.1, 0.15) is 0 Å². The normalized spacial score (nSPS) is 17.7. The van der Waals surface area contributed by atoms with E-state index in [2.05, 4.69) is 9.47 Å². The Balaban J connectivity index is 3.03. The Bertz CT molecular complexity index is 272. The highest BCUT2D eigenvalue weighted by molar-refractivity contribution is 8.04. The Morgan fingerprint density at radius 2 is 2.21 bits per heavy atom. The van der Waals surface area contributed by atoms with Crippen molar-refractivity contribution < 1.29 is 27.4 Å². The maximum absolute atomic E-state index is 12.3. The highest BCUT2D eigenvalue weighted by Gasteiger charge is 2.42. The van der Waals surface area contributed by atoms with Gasteiger partial charge < -0.3 is 9.47 Å². The molecule has 0 unspecified atom stereocenters. The largest absolute Gasteiger partial charge is 0.487 e. The number of allylic oxidation sites excluding steroid dienone is 1. The third kappa shape index (κ3) is 2.34. The highest BCUT2D eigenvalue weighted by Crippen LogP contribution is 2.36. The fourth-order valence-corrected chi connectivity index (χ4v) is 1.75. The summed E-state index contributed by atoms with van der Waals surface area (Å²) in [6.45, 7) is -0.0556. The van der Waals surface area contributed by atoms with E-state index in [4.69, 9.17) is 0 Å². The van der Waals surface area contributed by atoms with Crippen LogP contribution in [-0.2, 0) is 14.3 Å². The third-order valence-electron chi connectivity index (χ3n) is 1.41. The third-order valence-corrected chi connectivity index (χ3v) is 2.42. The van der Waals surface area contributed by atoms with Gasteiger partial charge >= 0.3 is 12.1 Å². The number of alkyl halides is 3. The molecule has 14 heavy (non-hydrogen) atoms. The predicted molar refractivity (Wildman–Crippen MR) is 43.5 cm³/mol. The van der Waals surface area contributed by atoms with Crippen molar-refractivity contribution in [3.05, 3.63) is 10.7 Å². The van der Waals surface area contributed by atoms with Crippen molar-refractivity contribution in [1.29, 1.82) is 0 Å². The first-order chi connectivity index (χ1) is 6.46. The highest BCUT2D eigenvalue weighted by atomic mass is 32.2. The Hall–Kier alpha value is -0.850. The second-order valence-electron chi connectivity index (χ2n) is 2.34. The number of halogens is 3. The molecule has 0 aromatic rings.